The van der Waals surface area contributed by atoms with Gasteiger partial charge in [-0.2, -0.15) is 5.10 Å². The minimum absolute atomic E-state index is 0.170. The van der Waals surface area contributed by atoms with E-state index in [1.807, 2.05) is 0 Å². The number of hydrogen-bond acceptors (Lipinski definition) is 5. The van der Waals surface area contributed by atoms with Gasteiger partial charge < -0.3 is 10.5 Å². The Morgan fingerprint density at radius 3 is 3.06 bits per heavy atom. The molecule has 0 saturated carbocycles. The van der Waals surface area contributed by atoms with Crippen molar-refractivity contribution in [3.63, 3.8) is 0 Å². The van der Waals surface area contributed by atoms with Gasteiger partial charge in [0.05, 0.1) is 18.3 Å². The van der Waals surface area contributed by atoms with Crippen molar-refractivity contribution in [3.8, 4) is 0 Å². The summed E-state index contributed by atoms with van der Waals surface area (Å²) in [5.74, 6) is 0.326. The van der Waals surface area contributed by atoms with Gasteiger partial charge in [-0.25, -0.2) is 14.3 Å². The summed E-state index contributed by atoms with van der Waals surface area (Å²) in [4.78, 5) is 15.8. The van der Waals surface area contributed by atoms with E-state index < -0.39 is 5.97 Å². The SMILES string of the molecule is CCOC(=O)c1c(N)nc(C)n2nccc12. The van der Waals surface area contributed by atoms with E-state index in [1.54, 1.807) is 30.6 Å². The van der Waals surface area contributed by atoms with E-state index in [-0.39, 0.29) is 11.4 Å². The Hall–Kier alpha value is -2.11. The molecule has 84 valence electrons. The van der Waals surface area contributed by atoms with Crippen molar-refractivity contribution < 1.29 is 9.53 Å². The molecule has 2 rings (SSSR count). The summed E-state index contributed by atoms with van der Waals surface area (Å²) in [7, 11) is 0. The zero-order chi connectivity index (χ0) is 11.7. The molecule has 0 atom stereocenters. The molecule has 0 radical (unpaired) electrons. The van der Waals surface area contributed by atoms with Gasteiger partial charge in [-0.1, -0.05) is 0 Å². The molecule has 2 heterocycles. The van der Waals surface area contributed by atoms with Crippen molar-refractivity contribution in [2.24, 2.45) is 0 Å². The van der Waals surface area contributed by atoms with E-state index in [9.17, 15) is 4.79 Å². The number of anilines is 1. The number of hydrogen-bond donors (Lipinski definition) is 1. The number of fused-ring (bicyclic) bond motifs is 1. The first kappa shape index (κ1) is 10.4. The summed E-state index contributed by atoms with van der Waals surface area (Å²) in [6.07, 6.45) is 1.59. The molecule has 0 saturated heterocycles. The third kappa shape index (κ3) is 1.48. The molecular weight excluding hydrogens is 208 g/mol. The lowest BCUT2D eigenvalue weighted by molar-refractivity contribution is 0.0529. The fraction of sp³-hybridized carbons (Fsp3) is 0.300. The first-order chi connectivity index (χ1) is 7.65. The lowest BCUT2D eigenvalue weighted by Crippen LogP contribution is -2.13. The van der Waals surface area contributed by atoms with E-state index in [4.69, 9.17) is 10.5 Å². The maximum atomic E-state index is 11.7. The summed E-state index contributed by atoms with van der Waals surface area (Å²) >= 11 is 0. The van der Waals surface area contributed by atoms with Gasteiger partial charge in [0.25, 0.3) is 0 Å². The van der Waals surface area contributed by atoms with Crippen LogP contribution in [0, 0.1) is 6.92 Å². The molecule has 0 unspecified atom stereocenters. The first-order valence-electron chi connectivity index (χ1n) is 4.92. The molecule has 2 N–H and O–H groups in total. The van der Waals surface area contributed by atoms with Crippen LogP contribution in [0.5, 0.6) is 0 Å². The number of ether oxygens (including phenoxy) is 1. The molecule has 0 aliphatic carbocycles. The number of esters is 1. The lowest BCUT2D eigenvalue weighted by atomic mass is 10.2. The summed E-state index contributed by atoms with van der Waals surface area (Å²) in [6, 6.07) is 1.71. The third-order valence-electron chi connectivity index (χ3n) is 2.22. The van der Waals surface area contributed by atoms with Gasteiger partial charge in [-0.15, -0.1) is 0 Å². The fourth-order valence-electron chi connectivity index (χ4n) is 1.57. The molecule has 0 spiro atoms. The molecule has 6 nitrogen and oxygen atoms in total. The predicted octanol–water partition coefficient (Wildman–Crippen LogP) is 0.797. The molecule has 0 bridgehead atoms. The topological polar surface area (TPSA) is 82.5 Å². The van der Waals surface area contributed by atoms with E-state index in [0.29, 0.717) is 17.9 Å². The average Bonchev–Trinajstić information content (AvgIpc) is 2.66. The quantitative estimate of drug-likeness (QED) is 0.757. The van der Waals surface area contributed by atoms with Crippen LogP contribution in [0.2, 0.25) is 0 Å². The second kappa shape index (κ2) is 3.80. The highest BCUT2D eigenvalue weighted by Crippen LogP contribution is 2.18. The van der Waals surface area contributed by atoms with Crippen molar-refractivity contribution in [2.75, 3.05) is 12.3 Å². The first-order valence-corrected chi connectivity index (χ1v) is 4.92. The Morgan fingerprint density at radius 2 is 2.38 bits per heavy atom. The van der Waals surface area contributed by atoms with Crippen LogP contribution in [0.25, 0.3) is 5.52 Å². The second-order valence-corrected chi connectivity index (χ2v) is 3.27. The molecular formula is C10H12N4O2. The fourth-order valence-corrected chi connectivity index (χ4v) is 1.57. The number of aromatic nitrogens is 3. The van der Waals surface area contributed by atoms with E-state index in [0.717, 1.165) is 0 Å². The molecule has 2 aromatic heterocycles. The number of nitrogen functional groups attached to an aromatic ring is 1. The highest BCUT2D eigenvalue weighted by atomic mass is 16.5. The number of carbonyl (C=O) groups is 1. The Kier molecular flexibility index (Phi) is 2.47. The molecule has 16 heavy (non-hydrogen) atoms. The molecule has 0 aromatic carbocycles. The Labute approximate surface area is 92.0 Å². The summed E-state index contributed by atoms with van der Waals surface area (Å²) < 4.78 is 6.48. The van der Waals surface area contributed by atoms with Crippen LogP contribution in [0.15, 0.2) is 12.3 Å². The van der Waals surface area contributed by atoms with Crippen LogP contribution in [-0.2, 0) is 4.74 Å². The van der Waals surface area contributed by atoms with Gasteiger partial charge in [-0.05, 0) is 19.9 Å². The number of carbonyl (C=O) groups excluding carboxylic acids is 1. The van der Waals surface area contributed by atoms with Gasteiger partial charge in [0, 0.05) is 0 Å². The minimum Gasteiger partial charge on any atom is -0.462 e. The van der Waals surface area contributed by atoms with Crippen molar-refractivity contribution in [3.05, 3.63) is 23.7 Å². The standard InChI is InChI=1S/C10H12N4O2/c1-3-16-10(15)8-7-4-5-12-14(7)6(2)13-9(8)11/h4-5H,3,11H2,1-2H3. The third-order valence-corrected chi connectivity index (χ3v) is 2.22. The average molecular weight is 220 g/mol. The number of rotatable bonds is 2. The number of aryl methyl sites for hydroxylation is 1. The molecule has 6 heteroatoms. The largest absolute Gasteiger partial charge is 0.462 e. The van der Waals surface area contributed by atoms with Crippen LogP contribution in [0.4, 0.5) is 5.82 Å². The molecule has 0 aliphatic rings. The van der Waals surface area contributed by atoms with Gasteiger partial charge in [0.2, 0.25) is 0 Å². The van der Waals surface area contributed by atoms with Crippen molar-refractivity contribution in [2.45, 2.75) is 13.8 Å². The van der Waals surface area contributed by atoms with Crippen molar-refractivity contribution in [1.82, 2.24) is 14.6 Å². The molecule has 0 aliphatic heterocycles. The minimum atomic E-state index is -0.474. The summed E-state index contributed by atoms with van der Waals surface area (Å²) in [5.41, 5.74) is 6.61. The highest BCUT2D eigenvalue weighted by Gasteiger charge is 2.18. The zero-order valence-electron chi connectivity index (χ0n) is 9.10. The van der Waals surface area contributed by atoms with Gasteiger partial charge in [0.15, 0.2) is 0 Å². The second-order valence-electron chi connectivity index (χ2n) is 3.27. The Bertz CT molecular complexity index is 547. The molecule has 0 fully saturated rings. The van der Waals surface area contributed by atoms with E-state index in [1.165, 1.54) is 0 Å². The Morgan fingerprint density at radius 1 is 1.62 bits per heavy atom. The predicted molar refractivity (Wildman–Crippen MR) is 58.1 cm³/mol. The maximum absolute atomic E-state index is 11.7. The van der Waals surface area contributed by atoms with E-state index >= 15 is 0 Å². The maximum Gasteiger partial charge on any atom is 0.344 e. The molecule has 0 amide bonds. The smallest absolute Gasteiger partial charge is 0.344 e. The van der Waals surface area contributed by atoms with Crippen LogP contribution < -0.4 is 5.73 Å². The van der Waals surface area contributed by atoms with Crippen molar-refractivity contribution in [1.29, 1.82) is 0 Å². The normalized spacial score (nSPS) is 10.6. The summed E-state index contributed by atoms with van der Waals surface area (Å²) in [6.45, 7) is 3.81. The summed E-state index contributed by atoms with van der Waals surface area (Å²) in [5, 5.41) is 4.05. The Balaban J connectivity index is 2.68. The van der Waals surface area contributed by atoms with Gasteiger partial charge in [0.1, 0.15) is 17.2 Å². The zero-order valence-corrected chi connectivity index (χ0v) is 9.10. The van der Waals surface area contributed by atoms with Crippen LogP contribution in [0.1, 0.15) is 23.1 Å². The van der Waals surface area contributed by atoms with Crippen LogP contribution in [0.3, 0.4) is 0 Å². The van der Waals surface area contributed by atoms with E-state index in [2.05, 4.69) is 10.1 Å². The van der Waals surface area contributed by atoms with Crippen LogP contribution in [-0.4, -0.2) is 27.2 Å². The monoisotopic (exact) mass is 220 g/mol. The van der Waals surface area contributed by atoms with Crippen molar-refractivity contribution >= 4 is 17.3 Å². The lowest BCUT2D eigenvalue weighted by Gasteiger charge is -2.08. The molecule has 2 aromatic rings. The van der Waals surface area contributed by atoms with Gasteiger partial charge >= 0.3 is 5.97 Å². The van der Waals surface area contributed by atoms with Gasteiger partial charge in [-0.3, -0.25) is 0 Å². The number of nitrogens with zero attached hydrogens (tertiary/aromatic N) is 3. The van der Waals surface area contributed by atoms with Crippen LogP contribution >= 0.6 is 0 Å². The number of nitrogens with two attached hydrogens (primary N) is 1. The highest BCUT2D eigenvalue weighted by molar-refractivity contribution is 6.01.